The Morgan fingerprint density at radius 3 is 2.55 bits per heavy atom. The Morgan fingerprint density at radius 1 is 1.30 bits per heavy atom. The van der Waals surface area contributed by atoms with Gasteiger partial charge >= 0.3 is 0 Å². The normalized spacial score (nSPS) is 29.0. The molecule has 0 aromatic rings. The van der Waals surface area contributed by atoms with Gasteiger partial charge in [0, 0.05) is 30.9 Å². The van der Waals surface area contributed by atoms with Crippen LogP contribution in [0.3, 0.4) is 0 Å². The molecule has 0 aromatic heterocycles. The molecule has 1 saturated carbocycles. The first kappa shape index (κ1) is 16.2. The van der Waals surface area contributed by atoms with Gasteiger partial charge in [0.25, 0.3) is 0 Å². The molecule has 20 heavy (non-hydrogen) atoms. The minimum Gasteiger partial charge on any atom is -0.311 e. The van der Waals surface area contributed by atoms with Gasteiger partial charge in [0.05, 0.1) is 5.75 Å². The van der Waals surface area contributed by atoms with Crippen molar-refractivity contribution in [3.63, 3.8) is 0 Å². The molecule has 0 aromatic carbocycles. The summed E-state index contributed by atoms with van der Waals surface area (Å²) in [6.07, 6.45) is 3.48. The zero-order valence-electron chi connectivity index (χ0n) is 13.1. The Labute approximate surface area is 124 Å². The smallest absolute Gasteiger partial charge is 0.150 e. The Hall–Kier alpha value is -0.130. The summed E-state index contributed by atoms with van der Waals surface area (Å²) in [5, 5.41) is 3.68. The van der Waals surface area contributed by atoms with Crippen LogP contribution in [0.2, 0.25) is 0 Å². The van der Waals surface area contributed by atoms with Gasteiger partial charge < -0.3 is 5.32 Å². The average molecular weight is 302 g/mol. The monoisotopic (exact) mass is 302 g/mol. The first-order valence-electron chi connectivity index (χ1n) is 8.11. The highest BCUT2D eigenvalue weighted by atomic mass is 32.2. The number of piperazine rings is 1. The fourth-order valence-corrected chi connectivity index (χ4v) is 3.99. The van der Waals surface area contributed by atoms with Gasteiger partial charge in [0.15, 0.2) is 0 Å². The lowest BCUT2D eigenvalue weighted by Gasteiger charge is -2.42. The van der Waals surface area contributed by atoms with E-state index in [0.29, 0.717) is 23.8 Å². The van der Waals surface area contributed by atoms with Crippen molar-refractivity contribution in [3.05, 3.63) is 0 Å². The molecule has 1 heterocycles. The SMILES string of the molecule is CCS(=O)(=O)CCCN1CC(C(C)C)NCC1C1CC1. The maximum atomic E-state index is 11.6. The summed E-state index contributed by atoms with van der Waals surface area (Å²) in [6, 6.07) is 1.18. The quantitative estimate of drug-likeness (QED) is 0.775. The van der Waals surface area contributed by atoms with Gasteiger partial charge in [0.2, 0.25) is 0 Å². The summed E-state index contributed by atoms with van der Waals surface area (Å²) in [4.78, 5) is 2.56. The molecule has 2 rings (SSSR count). The van der Waals surface area contributed by atoms with Gasteiger partial charge in [-0.2, -0.15) is 0 Å². The fraction of sp³-hybridized carbons (Fsp3) is 1.00. The molecule has 2 atom stereocenters. The van der Waals surface area contributed by atoms with Gasteiger partial charge in [-0.25, -0.2) is 8.42 Å². The second-order valence-electron chi connectivity index (χ2n) is 6.75. The number of hydrogen-bond donors (Lipinski definition) is 1. The van der Waals surface area contributed by atoms with E-state index in [1.54, 1.807) is 6.92 Å². The molecule has 118 valence electrons. The summed E-state index contributed by atoms with van der Waals surface area (Å²) >= 11 is 0. The maximum absolute atomic E-state index is 11.6. The van der Waals surface area contributed by atoms with E-state index in [4.69, 9.17) is 0 Å². The predicted octanol–water partition coefficient (Wildman–Crippen LogP) is 1.52. The van der Waals surface area contributed by atoms with Crippen molar-refractivity contribution in [3.8, 4) is 0 Å². The highest BCUT2D eigenvalue weighted by Gasteiger charge is 2.38. The van der Waals surface area contributed by atoms with Gasteiger partial charge in [-0.3, -0.25) is 4.90 Å². The van der Waals surface area contributed by atoms with Crippen molar-refractivity contribution in [2.24, 2.45) is 11.8 Å². The highest BCUT2D eigenvalue weighted by Crippen LogP contribution is 2.36. The van der Waals surface area contributed by atoms with Crippen molar-refractivity contribution >= 4 is 9.84 Å². The largest absolute Gasteiger partial charge is 0.311 e. The van der Waals surface area contributed by atoms with Gasteiger partial charge in [-0.15, -0.1) is 0 Å². The third kappa shape index (κ3) is 4.43. The molecule has 1 aliphatic heterocycles. The molecule has 1 aliphatic carbocycles. The van der Waals surface area contributed by atoms with E-state index < -0.39 is 9.84 Å². The van der Waals surface area contributed by atoms with Crippen molar-refractivity contribution in [1.29, 1.82) is 0 Å². The van der Waals surface area contributed by atoms with Crippen LogP contribution >= 0.6 is 0 Å². The number of nitrogens with one attached hydrogen (secondary N) is 1. The van der Waals surface area contributed by atoms with Gasteiger partial charge in [-0.05, 0) is 37.6 Å². The van der Waals surface area contributed by atoms with E-state index in [-0.39, 0.29) is 5.75 Å². The summed E-state index contributed by atoms with van der Waals surface area (Å²) in [6.45, 7) is 9.34. The van der Waals surface area contributed by atoms with Crippen LogP contribution in [0.5, 0.6) is 0 Å². The molecular weight excluding hydrogens is 272 g/mol. The van der Waals surface area contributed by atoms with Crippen LogP contribution in [0.1, 0.15) is 40.0 Å². The lowest BCUT2D eigenvalue weighted by Crippen LogP contribution is -2.59. The number of rotatable bonds is 7. The van der Waals surface area contributed by atoms with Gasteiger partial charge in [-0.1, -0.05) is 20.8 Å². The zero-order chi connectivity index (χ0) is 14.8. The van der Waals surface area contributed by atoms with Crippen LogP contribution in [0.25, 0.3) is 0 Å². The molecule has 2 fully saturated rings. The Kier molecular flexibility index (Phi) is 5.49. The van der Waals surface area contributed by atoms with Crippen LogP contribution in [0.4, 0.5) is 0 Å². The summed E-state index contributed by atoms with van der Waals surface area (Å²) < 4.78 is 23.2. The lowest BCUT2D eigenvalue weighted by atomic mass is 9.97. The standard InChI is InChI=1S/C15H30N2O2S/c1-4-20(18,19)9-5-8-17-11-14(12(2)3)16-10-15(17)13-6-7-13/h12-16H,4-11H2,1-3H3. The van der Waals surface area contributed by atoms with Crippen LogP contribution in [-0.4, -0.2) is 56.5 Å². The Balaban J connectivity index is 1.87. The third-order valence-corrected chi connectivity index (χ3v) is 6.59. The van der Waals surface area contributed by atoms with Crippen molar-refractivity contribution < 1.29 is 8.42 Å². The number of hydrogen-bond acceptors (Lipinski definition) is 4. The highest BCUT2D eigenvalue weighted by molar-refractivity contribution is 7.91. The molecule has 0 spiro atoms. The van der Waals surface area contributed by atoms with E-state index in [1.165, 1.54) is 12.8 Å². The molecule has 0 amide bonds. The van der Waals surface area contributed by atoms with E-state index >= 15 is 0 Å². The van der Waals surface area contributed by atoms with E-state index in [9.17, 15) is 8.42 Å². The van der Waals surface area contributed by atoms with Crippen molar-refractivity contribution in [2.75, 3.05) is 31.1 Å². The molecule has 1 saturated heterocycles. The topological polar surface area (TPSA) is 49.4 Å². The maximum Gasteiger partial charge on any atom is 0.150 e. The first-order chi connectivity index (χ1) is 9.43. The Morgan fingerprint density at radius 2 is 2.00 bits per heavy atom. The minimum atomic E-state index is -2.81. The fourth-order valence-electron chi connectivity index (χ4n) is 3.14. The van der Waals surface area contributed by atoms with Gasteiger partial charge in [0.1, 0.15) is 9.84 Å². The molecule has 2 aliphatic rings. The van der Waals surface area contributed by atoms with Crippen LogP contribution in [0, 0.1) is 11.8 Å². The molecule has 4 nitrogen and oxygen atoms in total. The van der Waals surface area contributed by atoms with Crippen LogP contribution < -0.4 is 5.32 Å². The summed E-state index contributed by atoms with van der Waals surface area (Å²) in [7, 11) is -2.81. The first-order valence-corrected chi connectivity index (χ1v) is 9.93. The number of nitrogens with zero attached hydrogens (tertiary/aromatic N) is 1. The van der Waals surface area contributed by atoms with E-state index in [0.717, 1.165) is 32.0 Å². The molecule has 2 unspecified atom stereocenters. The molecular formula is C15H30N2O2S. The van der Waals surface area contributed by atoms with E-state index in [2.05, 4.69) is 24.1 Å². The molecule has 0 radical (unpaired) electrons. The predicted molar refractivity (Wildman–Crippen MR) is 83.7 cm³/mol. The van der Waals surface area contributed by atoms with Crippen molar-refractivity contribution in [2.45, 2.75) is 52.1 Å². The summed E-state index contributed by atoms with van der Waals surface area (Å²) in [5.41, 5.74) is 0. The molecule has 1 N–H and O–H groups in total. The third-order valence-electron chi connectivity index (χ3n) is 4.80. The second-order valence-corrected chi connectivity index (χ2v) is 9.22. The lowest BCUT2D eigenvalue weighted by molar-refractivity contribution is 0.100. The summed E-state index contributed by atoms with van der Waals surface area (Å²) in [5.74, 6) is 2.10. The van der Waals surface area contributed by atoms with E-state index in [1.807, 2.05) is 0 Å². The van der Waals surface area contributed by atoms with Crippen molar-refractivity contribution in [1.82, 2.24) is 10.2 Å². The zero-order valence-corrected chi connectivity index (χ0v) is 14.0. The molecule has 5 heteroatoms. The van der Waals surface area contributed by atoms with Crippen LogP contribution in [0.15, 0.2) is 0 Å². The molecule has 0 bridgehead atoms. The second kappa shape index (κ2) is 6.75. The Bertz CT molecular complexity index is 404. The van der Waals surface area contributed by atoms with Crippen LogP contribution in [-0.2, 0) is 9.84 Å². The minimum absolute atomic E-state index is 0.273. The average Bonchev–Trinajstić information content (AvgIpc) is 3.22. The number of sulfone groups is 1.